The van der Waals surface area contributed by atoms with E-state index in [2.05, 4.69) is 34.6 Å². The van der Waals surface area contributed by atoms with E-state index in [0.29, 0.717) is 0 Å². The van der Waals surface area contributed by atoms with Gasteiger partial charge in [0.05, 0.1) is 0 Å². The minimum atomic E-state index is -1.75. The van der Waals surface area contributed by atoms with E-state index < -0.39 is 18.4 Å². The maximum atomic E-state index is 2.54. The van der Waals surface area contributed by atoms with Crippen LogP contribution in [0.3, 0.4) is 0 Å². The van der Waals surface area contributed by atoms with Gasteiger partial charge in [-0.1, -0.05) is 0 Å². The van der Waals surface area contributed by atoms with E-state index in [1.165, 1.54) is 38.5 Å². The molecule has 0 radical (unpaired) electrons. The summed E-state index contributed by atoms with van der Waals surface area (Å²) in [5.74, 6) is 0. The molecule has 1 heteroatoms. The molecule has 0 aromatic rings. The van der Waals surface area contributed by atoms with E-state index >= 15 is 0 Å². The molecule has 0 aromatic heterocycles. The fourth-order valence-electron chi connectivity index (χ4n) is 2.83. The van der Waals surface area contributed by atoms with Gasteiger partial charge in [0.2, 0.25) is 0 Å². The molecule has 0 aromatic carbocycles. The zero-order valence-corrected chi connectivity index (χ0v) is 15.3. The van der Waals surface area contributed by atoms with Crippen LogP contribution in [0, 0.1) is 0 Å². The molecule has 0 aliphatic carbocycles. The Bertz CT molecular complexity index is 130. The standard InChI is InChI=1S/3C4H9.C3H7.Sn/c3*1-3-4-2;1-3-2;/h3*1,3-4H2,2H3;3H,1-2H3;. The van der Waals surface area contributed by atoms with Crippen LogP contribution in [0.15, 0.2) is 0 Å². The van der Waals surface area contributed by atoms with Gasteiger partial charge in [-0.05, 0) is 0 Å². The van der Waals surface area contributed by atoms with Crippen molar-refractivity contribution in [3.63, 3.8) is 0 Å². The molecule has 0 atom stereocenters. The Morgan fingerprint density at radius 3 is 1.19 bits per heavy atom. The van der Waals surface area contributed by atoms with Gasteiger partial charge in [-0.25, -0.2) is 0 Å². The van der Waals surface area contributed by atoms with Crippen LogP contribution in [0.2, 0.25) is 17.2 Å². The Hall–Kier alpha value is 0.799. The van der Waals surface area contributed by atoms with Gasteiger partial charge < -0.3 is 0 Å². The van der Waals surface area contributed by atoms with Gasteiger partial charge >= 0.3 is 109 Å². The number of hydrogen-bond acceptors (Lipinski definition) is 0. The molecule has 0 heterocycles. The van der Waals surface area contributed by atoms with Gasteiger partial charge in [-0.3, -0.25) is 0 Å². The van der Waals surface area contributed by atoms with E-state index in [9.17, 15) is 0 Å². The summed E-state index contributed by atoms with van der Waals surface area (Å²) in [6.07, 6.45) is 8.77. The second-order valence-electron chi connectivity index (χ2n) is 5.83. The van der Waals surface area contributed by atoms with Crippen LogP contribution in [0.5, 0.6) is 0 Å². The minimum absolute atomic E-state index is 1.07. The summed E-state index contributed by atoms with van der Waals surface area (Å²) in [7, 11) is 0. The molecule has 0 aliphatic rings. The molecule has 0 rings (SSSR count). The van der Waals surface area contributed by atoms with Crippen molar-refractivity contribution in [3.05, 3.63) is 0 Å². The molecule has 0 aliphatic heterocycles. The predicted octanol–water partition coefficient (Wildman–Crippen LogP) is 6.25. The third-order valence-electron chi connectivity index (χ3n) is 4.31. The average Bonchev–Trinajstić information content (AvgIpc) is 2.28. The fraction of sp³-hybridized carbons (Fsp3) is 1.00. The molecule has 0 fully saturated rings. The molecule has 0 spiro atoms. The second kappa shape index (κ2) is 9.79. The molecule has 0 amide bonds. The van der Waals surface area contributed by atoms with E-state index in [-0.39, 0.29) is 0 Å². The van der Waals surface area contributed by atoms with Crippen LogP contribution in [-0.4, -0.2) is 18.4 Å². The molecule has 0 N–H and O–H groups in total. The van der Waals surface area contributed by atoms with Crippen molar-refractivity contribution in [2.75, 3.05) is 0 Å². The molecular weight excluding hydrogens is 299 g/mol. The third kappa shape index (κ3) is 5.93. The van der Waals surface area contributed by atoms with Crippen molar-refractivity contribution in [2.24, 2.45) is 0 Å². The topological polar surface area (TPSA) is 0 Å². The normalized spacial score (nSPS) is 12.4. The molecule has 0 saturated heterocycles. The predicted molar refractivity (Wildman–Crippen MR) is 80.0 cm³/mol. The van der Waals surface area contributed by atoms with E-state index in [1.54, 1.807) is 13.3 Å². The van der Waals surface area contributed by atoms with Crippen molar-refractivity contribution in [1.82, 2.24) is 0 Å². The summed E-state index contributed by atoms with van der Waals surface area (Å²) in [5, 5.41) is 0. The molecule has 0 bridgehead atoms. The molecule has 0 saturated carbocycles. The van der Waals surface area contributed by atoms with Crippen molar-refractivity contribution in [3.8, 4) is 0 Å². The molecule has 0 nitrogen and oxygen atoms in total. The third-order valence-corrected chi connectivity index (χ3v) is 22.9. The zero-order chi connectivity index (χ0) is 12.4. The first kappa shape index (κ1) is 16.8. The summed E-state index contributed by atoms with van der Waals surface area (Å²) in [4.78, 5) is 0. The van der Waals surface area contributed by atoms with Gasteiger partial charge in [0, 0.05) is 0 Å². The maximum absolute atomic E-state index is 2.54. The van der Waals surface area contributed by atoms with Crippen molar-refractivity contribution in [2.45, 2.75) is 90.4 Å². The van der Waals surface area contributed by atoms with Crippen LogP contribution >= 0.6 is 0 Å². The Morgan fingerprint density at radius 1 is 0.688 bits per heavy atom. The van der Waals surface area contributed by atoms with Crippen LogP contribution < -0.4 is 0 Å². The Balaban J connectivity index is 4.46. The summed E-state index contributed by atoms with van der Waals surface area (Å²) < 4.78 is 6.08. The quantitative estimate of drug-likeness (QED) is 0.415. The Morgan fingerprint density at radius 2 is 1.00 bits per heavy atom. The van der Waals surface area contributed by atoms with Gasteiger partial charge in [0.15, 0.2) is 0 Å². The van der Waals surface area contributed by atoms with E-state index in [1.807, 2.05) is 0 Å². The summed E-state index contributed by atoms with van der Waals surface area (Å²) >= 11 is -1.75. The van der Waals surface area contributed by atoms with Gasteiger partial charge in [0.1, 0.15) is 0 Å². The Labute approximate surface area is 108 Å². The van der Waals surface area contributed by atoms with Crippen molar-refractivity contribution < 1.29 is 0 Å². The number of unbranched alkanes of at least 4 members (excludes halogenated alkanes) is 3. The zero-order valence-electron chi connectivity index (χ0n) is 12.4. The molecule has 16 heavy (non-hydrogen) atoms. The van der Waals surface area contributed by atoms with Gasteiger partial charge in [0.25, 0.3) is 0 Å². The monoisotopic (exact) mass is 334 g/mol. The van der Waals surface area contributed by atoms with Crippen LogP contribution in [-0.2, 0) is 0 Å². The molecule has 0 unspecified atom stereocenters. The SMILES string of the molecule is CCC[CH2][Sn]([CH2]CCC)([CH2]CCC)[CH](C)C. The molecule has 98 valence electrons. The van der Waals surface area contributed by atoms with E-state index in [4.69, 9.17) is 0 Å². The first-order chi connectivity index (χ1) is 7.63. The Kier molecular flexibility index (Phi) is 10.3. The average molecular weight is 333 g/mol. The summed E-state index contributed by atoms with van der Waals surface area (Å²) in [5.41, 5.74) is 0. The van der Waals surface area contributed by atoms with Crippen LogP contribution in [0.4, 0.5) is 0 Å². The second-order valence-corrected chi connectivity index (χ2v) is 21.2. The van der Waals surface area contributed by atoms with Crippen LogP contribution in [0.1, 0.15) is 73.1 Å². The molecular formula is C15H34Sn. The fourth-order valence-corrected chi connectivity index (χ4v) is 19.0. The van der Waals surface area contributed by atoms with E-state index in [0.717, 1.165) is 3.93 Å². The first-order valence-corrected chi connectivity index (χ1v) is 15.3. The summed E-state index contributed by atoms with van der Waals surface area (Å²) in [6.45, 7) is 12.2. The van der Waals surface area contributed by atoms with Crippen molar-refractivity contribution >= 4 is 18.4 Å². The van der Waals surface area contributed by atoms with Crippen LogP contribution in [0.25, 0.3) is 0 Å². The summed E-state index contributed by atoms with van der Waals surface area (Å²) in [6, 6.07) is 0. The first-order valence-electron chi connectivity index (χ1n) is 7.63. The van der Waals surface area contributed by atoms with Gasteiger partial charge in [-0.15, -0.1) is 0 Å². The number of hydrogen-bond donors (Lipinski definition) is 0. The van der Waals surface area contributed by atoms with Crippen molar-refractivity contribution in [1.29, 1.82) is 0 Å². The van der Waals surface area contributed by atoms with Gasteiger partial charge in [-0.2, -0.15) is 0 Å². The number of rotatable bonds is 10.